The van der Waals surface area contributed by atoms with Crippen LogP contribution in [0, 0.1) is 0 Å². The third kappa shape index (κ3) is 1.98. The first-order valence-electron chi connectivity index (χ1n) is 3.86. The van der Waals surface area contributed by atoms with Crippen LogP contribution in [0.15, 0.2) is 6.20 Å². The molecular formula is C7H9F2N3O2. The molecule has 1 aromatic rings. The van der Waals surface area contributed by atoms with Gasteiger partial charge in [0.2, 0.25) is 0 Å². The van der Waals surface area contributed by atoms with Crippen LogP contribution in [0.1, 0.15) is 24.0 Å². The molecule has 7 heteroatoms. The van der Waals surface area contributed by atoms with Gasteiger partial charge in [-0.15, -0.1) is 0 Å². The van der Waals surface area contributed by atoms with Gasteiger partial charge in [-0.05, 0) is 6.92 Å². The Balaban J connectivity index is 2.92. The number of esters is 1. The summed E-state index contributed by atoms with van der Waals surface area (Å²) in [6, 6.07) is 0. The first-order valence-corrected chi connectivity index (χ1v) is 3.86. The van der Waals surface area contributed by atoms with E-state index in [1.165, 1.54) is 0 Å². The topological polar surface area (TPSA) is 70.1 Å². The Kier molecular flexibility index (Phi) is 3.00. The molecule has 1 aromatic heterocycles. The van der Waals surface area contributed by atoms with Crippen molar-refractivity contribution in [1.82, 2.24) is 9.78 Å². The van der Waals surface area contributed by atoms with E-state index in [2.05, 4.69) is 9.84 Å². The molecule has 0 aliphatic heterocycles. The quantitative estimate of drug-likeness (QED) is 0.748. The van der Waals surface area contributed by atoms with Crippen LogP contribution in [-0.4, -0.2) is 22.4 Å². The van der Waals surface area contributed by atoms with Gasteiger partial charge in [0.25, 0.3) is 0 Å². The molecule has 0 aliphatic carbocycles. The molecule has 78 valence electrons. The van der Waals surface area contributed by atoms with Crippen molar-refractivity contribution in [3.63, 3.8) is 0 Å². The standard InChI is InChI=1S/C7H9F2N3O2/c1-2-14-6(13)5-4(10)3-12(11-5)7(8)9/h3,7H,2,10H2,1H3. The zero-order valence-electron chi connectivity index (χ0n) is 7.41. The molecule has 1 rings (SSSR count). The van der Waals surface area contributed by atoms with Gasteiger partial charge in [0.1, 0.15) is 0 Å². The van der Waals surface area contributed by atoms with Crippen LogP contribution in [0.2, 0.25) is 0 Å². The van der Waals surface area contributed by atoms with E-state index in [4.69, 9.17) is 5.73 Å². The number of anilines is 1. The van der Waals surface area contributed by atoms with Crippen molar-refractivity contribution >= 4 is 11.7 Å². The Morgan fingerprint density at radius 2 is 2.43 bits per heavy atom. The van der Waals surface area contributed by atoms with Gasteiger partial charge in [-0.25, -0.2) is 9.48 Å². The summed E-state index contributed by atoms with van der Waals surface area (Å²) in [6.07, 6.45) is 0.886. The minimum Gasteiger partial charge on any atom is -0.461 e. The number of alkyl halides is 2. The number of halogens is 2. The molecule has 0 atom stereocenters. The molecule has 0 saturated heterocycles. The van der Waals surface area contributed by atoms with E-state index in [1.807, 2.05) is 0 Å². The molecule has 0 spiro atoms. The molecule has 0 fully saturated rings. The van der Waals surface area contributed by atoms with Gasteiger partial charge in [0.05, 0.1) is 18.5 Å². The zero-order valence-corrected chi connectivity index (χ0v) is 7.41. The normalized spacial score (nSPS) is 10.6. The van der Waals surface area contributed by atoms with Crippen molar-refractivity contribution in [3.05, 3.63) is 11.9 Å². The number of ether oxygens (including phenoxy) is 1. The summed E-state index contributed by atoms with van der Waals surface area (Å²) in [5.74, 6) is -0.801. The molecule has 14 heavy (non-hydrogen) atoms. The maximum Gasteiger partial charge on any atom is 0.361 e. The first-order chi connectivity index (χ1) is 6.56. The van der Waals surface area contributed by atoms with Crippen LogP contribution in [0.3, 0.4) is 0 Å². The van der Waals surface area contributed by atoms with Crippen molar-refractivity contribution in [2.75, 3.05) is 12.3 Å². The summed E-state index contributed by atoms with van der Waals surface area (Å²) < 4.78 is 29.1. The number of nitrogen functional groups attached to an aromatic ring is 1. The lowest BCUT2D eigenvalue weighted by Gasteiger charge is -1.98. The highest BCUT2D eigenvalue weighted by atomic mass is 19.3. The zero-order chi connectivity index (χ0) is 10.7. The molecule has 0 bridgehead atoms. The van der Waals surface area contributed by atoms with Crippen LogP contribution in [-0.2, 0) is 4.74 Å². The second-order valence-corrected chi connectivity index (χ2v) is 2.41. The maximum atomic E-state index is 12.1. The van der Waals surface area contributed by atoms with Gasteiger partial charge >= 0.3 is 12.5 Å². The van der Waals surface area contributed by atoms with E-state index < -0.39 is 12.5 Å². The fourth-order valence-electron chi connectivity index (χ4n) is 0.864. The molecule has 1 heterocycles. The van der Waals surface area contributed by atoms with Crippen molar-refractivity contribution in [2.45, 2.75) is 13.5 Å². The number of rotatable bonds is 3. The Bertz CT molecular complexity index is 338. The van der Waals surface area contributed by atoms with Crippen molar-refractivity contribution in [1.29, 1.82) is 0 Å². The lowest BCUT2D eigenvalue weighted by atomic mass is 10.4. The highest BCUT2D eigenvalue weighted by molar-refractivity contribution is 5.92. The monoisotopic (exact) mass is 205 g/mol. The van der Waals surface area contributed by atoms with Crippen LogP contribution in [0.4, 0.5) is 14.5 Å². The molecule has 5 nitrogen and oxygen atoms in total. The Hall–Kier alpha value is -1.66. The van der Waals surface area contributed by atoms with Crippen molar-refractivity contribution < 1.29 is 18.3 Å². The fourth-order valence-corrected chi connectivity index (χ4v) is 0.864. The van der Waals surface area contributed by atoms with E-state index >= 15 is 0 Å². The third-order valence-corrected chi connectivity index (χ3v) is 1.43. The second-order valence-electron chi connectivity index (χ2n) is 2.41. The van der Waals surface area contributed by atoms with E-state index in [9.17, 15) is 13.6 Å². The average Bonchev–Trinajstić information content (AvgIpc) is 2.48. The van der Waals surface area contributed by atoms with Crippen molar-refractivity contribution in [2.24, 2.45) is 0 Å². The first kappa shape index (κ1) is 10.4. The van der Waals surface area contributed by atoms with Gasteiger partial charge in [-0.2, -0.15) is 13.9 Å². The highest BCUT2D eigenvalue weighted by Crippen LogP contribution is 2.16. The number of hydrogen-bond donors (Lipinski definition) is 1. The summed E-state index contributed by atoms with van der Waals surface area (Å²) in [7, 11) is 0. The van der Waals surface area contributed by atoms with Crippen LogP contribution in [0.5, 0.6) is 0 Å². The molecule has 0 unspecified atom stereocenters. The number of nitrogens with two attached hydrogens (primary N) is 1. The number of hydrogen-bond acceptors (Lipinski definition) is 4. The summed E-state index contributed by atoms with van der Waals surface area (Å²) >= 11 is 0. The van der Waals surface area contributed by atoms with E-state index in [0.717, 1.165) is 6.20 Å². The molecular weight excluding hydrogens is 196 g/mol. The highest BCUT2D eigenvalue weighted by Gasteiger charge is 2.18. The summed E-state index contributed by atoms with van der Waals surface area (Å²) in [5, 5.41) is 3.29. The van der Waals surface area contributed by atoms with Gasteiger partial charge in [0, 0.05) is 0 Å². The summed E-state index contributed by atoms with van der Waals surface area (Å²) in [5.41, 5.74) is 4.89. The van der Waals surface area contributed by atoms with Gasteiger partial charge in [-0.3, -0.25) is 0 Å². The lowest BCUT2D eigenvalue weighted by Crippen LogP contribution is -2.09. The number of aromatic nitrogens is 2. The fraction of sp³-hybridized carbons (Fsp3) is 0.429. The Morgan fingerprint density at radius 1 is 1.79 bits per heavy atom. The third-order valence-electron chi connectivity index (χ3n) is 1.43. The minimum atomic E-state index is -2.82. The van der Waals surface area contributed by atoms with E-state index in [-0.39, 0.29) is 18.0 Å². The molecule has 2 N–H and O–H groups in total. The van der Waals surface area contributed by atoms with Crippen LogP contribution >= 0.6 is 0 Å². The Labute approximate surface area is 78.4 Å². The van der Waals surface area contributed by atoms with Crippen molar-refractivity contribution in [3.8, 4) is 0 Å². The Morgan fingerprint density at radius 3 is 2.86 bits per heavy atom. The molecule has 0 saturated carbocycles. The minimum absolute atomic E-state index is 0.122. The van der Waals surface area contributed by atoms with E-state index in [0.29, 0.717) is 4.68 Å². The lowest BCUT2D eigenvalue weighted by molar-refractivity contribution is 0.0480. The molecule has 0 aromatic carbocycles. The van der Waals surface area contributed by atoms with Crippen LogP contribution < -0.4 is 5.73 Å². The average molecular weight is 205 g/mol. The summed E-state index contributed by atoms with van der Waals surface area (Å²) in [6.45, 7) is -1.08. The van der Waals surface area contributed by atoms with Gasteiger partial charge < -0.3 is 10.5 Å². The summed E-state index contributed by atoms with van der Waals surface area (Å²) in [4.78, 5) is 11.1. The largest absolute Gasteiger partial charge is 0.461 e. The maximum absolute atomic E-state index is 12.1. The number of nitrogens with zero attached hydrogens (tertiary/aromatic N) is 2. The SMILES string of the molecule is CCOC(=O)c1nn(C(F)F)cc1N. The molecule has 0 amide bonds. The predicted molar refractivity (Wildman–Crippen MR) is 43.8 cm³/mol. The van der Waals surface area contributed by atoms with Gasteiger partial charge in [0.15, 0.2) is 5.69 Å². The predicted octanol–water partition coefficient (Wildman–Crippen LogP) is 1.04. The molecule has 0 aliphatic rings. The van der Waals surface area contributed by atoms with E-state index in [1.54, 1.807) is 6.92 Å². The number of carbonyl (C=O) groups excluding carboxylic acids is 1. The van der Waals surface area contributed by atoms with Crippen LogP contribution in [0.25, 0.3) is 0 Å². The van der Waals surface area contributed by atoms with Gasteiger partial charge in [-0.1, -0.05) is 0 Å². The second kappa shape index (κ2) is 4.03. The smallest absolute Gasteiger partial charge is 0.361 e. The number of carbonyl (C=O) groups is 1. The molecule has 0 radical (unpaired) electrons.